The van der Waals surface area contributed by atoms with Gasteiger partial charge in [-0.3, -0.25) is 0 Å². The van der Waals surface area contributed by atoms with Gasteiger partial charge in [0.05, 0.1) is 12.2 Å². The minimum Gasteiger partial charge on any atom is -0.378 e. The summed E-state index contributed by atoms with van der Waals surface area (Å²) in [5.41, 5.74) is 0.258. The van der Waals surface area contributed by atoms with E-state index in [1.165, 1.54) is 70.6 Å². The van der Waals surface area contributed by atoms with Crippen LogP contribution in [0.2, 0.25) is 0 Å². The van der Waals surface area contributed by atoms with Crippen LogP contribution >= 0.6 is 23.2 Å². The molecule has 0 N–H and O–H groups in total. The lowest BCUT2D eigenvalue weighted by Gasteiger charge is -2.69. The van der Waals surface area contributed by atoms with Gasteiger partial charge in [0.25, 0.3) is 0 Å². The Morgan fingerprint density at radius 1 is 0.594 bits per heavy atom. The maximum absolute atomic E-state index is 7.21. The molecule has 32 heavy (non-hydrogen) atoms. The predicted octanol–water partition coefficient (Wildman–Crippen LogP) is 9.40. The van der Waals surface area contributed by atoms with Crippen molar-refractivity contribution in [3.63, 3.8) is 0 Å². The molecule has 3 rings (SSSR count). The standard InChI is InChI=1S/C28H50Cl2O2/c1-3-5-7-9-11-21-31-24-13-17-26(18-14-24)23-27(28(26,29)30)19-15-25(16-20-27)32-22-12-10-8-6-4-2/h24-25H,3-23H2,1-2H3/t24?,25?,26-,27-. The molecule has 0 aliphatic heterocycles. The lowest BCUT2D eigenvalue weighted by molar-refractivity contribution is -0.139. The molecule has 0 saturated heterocycles. The molecular formula is C28H50Cl2O2. The number of hydrogen-bond acceptors (Lipinski definition) is 2. The predicted molar refractivity (Wildman–Crippen MR) is 138 cm³/mol. The first-order valence-corrected chi connectivity index (χ1v) is 14.9. The Morgan fingerprint density at radius 2 is 0.969 bits per heavy atom. The molecule has 0 amide bonds. The van der Waals surface area contributed by atoms with Gasteiger partial charge < -0.3 is 9.47 Å². The topological polar surface area (TPSA) is 18.5 Å². The van der Waals surface area contributed by atoms with Gasteiger partial charge in [-0.15, -0.1) is 23.2 Å². The summed E-state index contributed by atoms with van der Waals surface area (Å²) in [6, 6.07) is 0. The zero-order valence-corrected chi connectivity index (χ0v) is 22.6. The van der Waals surface area contributed by atoms with Crippen LogP contribution in [0.1, 0.15) is 136 Å². The number of alkyl halides is 2. The molecule has 0 bridgehead atoms. The van der Waals surface area contributed by atoms with Crippen LogP contribution in [0.3, 0.4) is 0 Å². The zero-order chi connectivity index (χ0) is 22.9. The van der Waals surface area contributed by atoms with Gasteiger partial charge in [-0.05, 0) is 70.6 Å². The van der Waals surface area contributed by atoms with E-state index < -0.39 is 4.33 Å². The Hall–Kier alpha value is 0.500. The normalized spacial score (nSPS) is 34.1. The Bertz CT molecular complexity index is 476. The van der Waals surface area contributed by atoms with E-state index in [0.717, 1.165) is 64.6 Å². The Balaban J connectivity index is 1.33. The van der Waals surface area contributed by atoms with E-state index in [9.17, 15) is 0 Å². The molecule has 188 valence electrons. The smallest absolute Gasteiger partial charge is 0.129 e. The van der Waals surface area contributed by atoms with Crippen molar-refractivity contribution in [2.75, 3.05) is 13.2 Å². The summed E-state index contributed by atoms with van der Waals surface area (Å²) in [5, 5.41) is 0. The van der Waals surface area contributed by atoms with Gasteiger partial charge >= 0.3 is 0 Å². The number of unbranched alkanes of at least 4 members (excludes halogenated alkanes) is 8. The molecule has 0 atom stereocenters. The minimum absolute atomic E-state index is 0.129. The van der Waals surface area contributed by atoms with E-state index in [0.29, 0.717) is 12.2 Å². The molecule has 3 fully saturated rings. The van der Waals surface area contributed by atoms with Crippen molar-refractivity contribution in [1.29, 1.82) is 0 Å². The second-order valence-electron chi connectivity index (χ2n) is 11.3. The minimum atomic E-state index is -0.559. The summed E-state index contributed by atoms with van der Waals surface area (Å²) in [6.07, 6.45) is 24.2. The molecule has 0 unspecified atom stereocenters. The molecule has 0 aromatic heterocycles. The monoisotopic (exact) mass is 488 g/mol. The van der Waals surface area contributed by atoms with Crippen LogP contribution < -0.4 is 0 Å². The van der Waals surface area contributed by atoms with Gasteiger partial charge in [-0.2, -0.15) is 0 Å². The van der Waals surface area contributed by atoms with Crippen molar-refractivity contribution in [1.82, 2.24) is 0 Å². The first kappa shape index (κ1) is 27.1. The Labute approximate surface area is 208 Å². The maximum Gasteiger partial charge on any atom is 0.129 e. The average Bonchev–Trinajstić information content (AvgIpc) is 2.80. The second kappa shape index (κ2) is 13.0. The maximum atomic E-state index is 7.21. The van der Waals surface area contributed by atoms with Gasteiger partial charge in [0.2, 0.25) is 0 Å². The van der Waals surface area contributed by atoms with Crippen molar-refractivity contribution in [2.45, 2.75) is 152 Å². The molecule has 3 aliphatic rings. The molecule has 0 radical (unpaired) electrons. The first-order chi connectivity index (χ1) is 15.5. The highest BCUT2D eigenvalue weighted by molar-refractivity contribution is 6.50. The molecule has 4 heteroatoms. The van der Waals surface area contributed by atoms with Crippen molar-refractivity contribution in [2.24, 2.45) is 10.8 Å². The van der Waals surface area contributed by atoms with Crippen molar-refractivity contribution in [3.8, 4) is 0 Å². The average molecular weight is 490 g/mol. The fourth-order valence-electron chi connectivity index (χ4n) is 6.84. The first-order valence-electron chi connectivity index (χ1n) is 14.1. The highest BCUT2D eigenvalue weighted by atomic mass is 35.5. The largest absolute Gasteiger partial charge is 0.378 e. The third-order valence-electron chi connectivity index (χ3n) is 8.99. The fourth-order valence-corrected chi connectivity index (χ4v) is 7.86. The number of ether oxygens (including phenoxy) is 2. The molecule has 0 aromatic carbocycles. The molecule has 0 aromatic rings. The fraction of sp³-hybridized carbons (Fsp3) is 1.00. The van der Waals surface area contributed by atoms with Crippen LogP contribution in [0.5, 0.6) is 0 Å². The molecule has 2 spiro atoms. The number of hydrogen-bond donors (Lipinski definition) is 0. The highest BCUT2D eigenvalue weighted by Crippen LogP contribution is 2.76. The van der Waals surface area contributed by atoms with E-state index in [2.05, 4.69) is 13.8 Å². The van der Waals surface area contributed by atoms with Crippen LogP contribution in [0.25, 0.3) is 0 Å². The third-order valence-corrected chi connectivity index (χ3v) is 10.6. The van der Waals surface area contributed by atoms with Crippen molar-refractivity contribution in [3.05, 3.63) is 0 Å². The molecule has 0 heterocycles. The summed E-state index contributed by atoms with van der Waals surface area (Å²) in [5.74, 6) is 0. The summed E-state index contributed by atoms with van der Waals surface area (Å²) >= 11 is 14.4. The lowest BCUT2D eigenvalue weighted by Crippen LogP contribution is -2.67. The van der Waals surface area contributed by atoms with Gasteiger partial charge in [0.1, 0.15) is 4.33 Å². The molecule has 3 saturated carbocycles. The number of halogens is 2. The molecule has 3 aliphatic carbocycles. The summed E-state index contributed by atoms with van der Waals surface area (Å²) < 4.78 is 11.9. The molecule has 2 nitrogen and oxygen atoms in total. The van der Waals surface area contributed by atoms with E-state index in [4.69, 9.17) is 32.7 Å². The van der Waals surface area contributed by atoms with Gasteiger partial charge in [-0.25, -0.2) is 0 Å². The van der Waals surface area contributed by atoms with Crippen LogP contribution in [0.4, 0.5) is 0 Å². The lowest BCUT2D eigenvalue weighted by atomic mass is 9.44. The number of rotatable bonds is 14. The SMILES string of the molecule is CCCCCCCOC1CC[C@]2(CC1)C[C@@]1(CCC(OCCCCCCC)CC1)C2(Cl)Cl. The van der Waals surface area contributed by atoms with Crippen LogP contribution in [-0.2, 0) is 9.47 Å². The van der Waals surface area contributed by atoms with Crippen LogP contribution in [0.15, 0.2) is 0 Å². The summed E-state index contributed by atoms with van der Waals surface area (Å²) in [6.45, 7) is 6.39. The second-order valence-corrected chi connectivity index (χ2v) is 12.6. The van der Waals surface area contributed by atoms with Gasteiger partial charge in [0.15, 0.2) is 0 Å². The summed E-state index contributed by atoms with van der Waals surface area (Å²) in [7, 11) is 0. The van der Waals surface area contributed by atoms with Crippen molar-refractivity contribution >= 4 is 23.2 Å². The third kappa shape index (κ3) is 6.38. The quantitative estimate of drug-likeness (QED) is 0.179. The van der Waals surface area contributed by atoms with Crippen LogP contribution in [-0.4, -0.2) is 29.8 Å². The van der Waals surface area contributed by atoms with E-state index in [-0.39, 0.29) is 10.8 Å². The zero-order valence-electron chi connectivity index (χ0n) is 21.1. The summed E-state index contributed by atoms with van der Waals surface area (Å²) in [4.78, 5) is 0. The van der Waals surface area contributed by atoms with E-state index in [1.54, 1.807) is 0 Å². The van der Waals surface area contributed by atoms with E-state index in [1.807, 2.05) is 0 Å². The van der Waals surface area contributed by atoms with Crippen molar-refractivity contribution < 1.29 is 9.47 Å². The Morgan fingerprint density at radius 3 is 1.31 bits per heavy atom. The Kier molecular flexibility index (Phi) is 11.0. The van der Waals surface area contributed by atoms with E-state index >= 15 is 0 Å². The molecular weight excluding hydrogens is 439 g/mol. The van der Waals surface area contributed by atoms with Gasteiger partial charge in [-0.1, -0.05) is 65.2 Å². The van der Waals surface area contributed by atoms with Crippen LogP contribution in [0, 0.1) is 10.8 Å². The van der Waals surface area contributed by atoms with Gasteiger partial charge in [0, 0.05) is 24.0 Å². The highest BCUT2D eigenvalue weighted by Gasteiger charge is 2.72.